The number of allylic oxidation sites excluding steroid dienone is 2. The number of benzene rings is 1. The first-order valence-electron chi connectivity index (χ1n) is 13.4. The molecule has 1 amide bonds. The molecule has 0 radical (unpaired) electrons. The minimum absolute atomic E-state index is 0.132. The molecule has 0 aliphatic carbocycles. The summed E-state index contributed by atoms with van der Waals surface area (Å²) in [5, 5.41) is 6.95. The third kappa shape index (κ3) is 5.21. The van der Waals surface area contributed by atoms with Crippen molar-refractivity contribution in [3.8, 4) is 11.1 Å². The van der Waals surface area contributed by atoms with E-state index in [0.717, 1.165) is 60.8 Å². The van der Waals surface area contributed by atoms with E-state index >= 15 is 0 Å². The fraction of sp³-hybridized carbons (Fsp3) is 0.188. The Morgan fingerprint density at radius 3 is 2.65 bits per heavy atom. The molecule has 0 fully saturated rings. The highest BCUT2D eigenvalue weighted by Gasteiger charge is 2.18. The molecule has 0 saturated carbocycles. The predicted molar refractivity (Wildman–Crippen MR) is 157 cm³/mol. The van der Waals surface area contributed by atoms with Crippen LogP contribution in [0.5, 0.6) is 0 Å². The van der Waals surface area contributed by atoms with E-state index in [0.29, 0.717) is 18.3 Å². The number of pyridine rings is 1. The van der Waals surface area contributed by atoms with Crippen molar-refractivity contribution in [3.05, 3.63) is 112 Å². The number of aryl methyl sites for hydroxylation is 1. The van der Waals surface area contributed by atoms with Gasteiger partial charge in [0.2, 0.25) is 5.91 Å². The molecule has 4 aromatic rings. The number of aromatic amines is 1. The lowest BCUT2D eigenvalue weighted by molar-refractivity contribution is -0.118. The number of rotatable bonds is 3. The molecule has 3 aromatic heterocycles. The van der Waals surface area contributed by atoms with Crippen LogP contribution < -0.4 is 32.1 Å². The Balaban J connectivity index is 1.50. The third-order valence-electron chi connectivity index (χ3n) is 6.91. The van der Waals surface area contributed by atoms with Crippen LogP contribution in [0.2, 0.25) is 0 Å². The molecule has 0 spiro atoms. The van der Waals surface area contributed by atoms with Crippen LogP contribution in [0.4, 0.5) is 0 Å². The highest BCUT2D eigenvalue weighted by molar-refractivity contribution is 5.86. The van der Waals surface area contributed by atoms with Crippen LogP contribution in [0, 0.1) is 12.8 Å². The number of nitrogens with zero attached hydrogens (tertiary/aromatic N) is 3. The summed E-state index contributed by atoms with van der Waals surface area (Å²) in [6, 6.07) is 14.3. The van der Waals surface area contributed by atoms with Crippen molar-refractivity contribution >= 4 is 28.1 Å². The van der Waals surface area contributed by atoms with Crippen LogP contribution >= 0.6 is 0 Å². The zero-order valence-electron chi connectivity index (χ0n) is 22.7. The van der Waals surface area contributed by atoms with E-state index < -0.39 is 0 Å². The van der Waals surface area contributed by atoms with E-state index in [2.05, 4.69) is 73.6 Å². The Kier molecular flexibility index (Phi) is 6.84. The van der Waals surface area contributed by atoms with Gasteiger partial charge in [0.25, 0.3) is 0 Å². The summed E-state index contributed by atoms with van der Waals surface area (Å²) in [5.41, 5.74) is 14.2. The van der Waals surface area contributed by atoms with Crippen molar-refractivity contribution in [2.75, 3.05) is 0 Å². The molecule has 40 heavy (non-hydrogen) atoms. The van der Waals surface area contributed by atoms with Crippen LogP contribution in [0.15, 0.2) is 84.4 Å². The number of carbonyl (C=O) groups is 1. The predicted octanol–water partition coefficient (Wildman–Crippen LogP) is 2.95. The van der Waals surface area contributed by atoms with Gasteiger partial charge in [-0.1, -0.05) is 26.0 Å². The van der Waals surface area contributed by atoms with Gasteiger partial charge in [0.1, 0.15) is 0 Å². The average molecular weight is 530 g/mol. The lowest BCUT2D eigenvalue weighted by Gasteiger charge is -2.21. The largest absolute Gasteiger partial charge is 0.368 e. The molecule has 6 rings (SSSR count). The number of hydrazine groups is 1. The van der Waals surface area contributed by atoms with Gasteiger partial charge in [-0.25, -0.2) is 10.4 Å². The summed E-state index contributed by atoms with van der Waals surface area (Å²) in [6.07, 6.45) is 12.1. The van der Waals surface area contributed by atoms with E-state index in [1.807, 2.05) is 57.7 Å². The molecule has 2 aliphatic heterocycles. The maximum atomic E-state index is 12.4. The number of dihydropyridines is 1. The van der Waals surface area contributed by atoms with E-state index in [9.17, 15) is 4.79 Å². The third-order valence-corrected chi connectivity index (χ3v) is 6.91. The quantitative estimate of drug-likeness (QED) is 0.325. The van der Waals surface area contributed by atoms with E-state index in [-0.39, 0.29) is 11.8 Å². The molecule has 8 nitrogen and oxygen atoms in total. The summed E-state index contributed by atoms with van der Waals surface area (Å²) in [5.74, 6) is 0.118. The van der Waals surface area contributed by atoms with Gasteiger partial charge >= 0.3 is 0 Å². The Hall–Kier alpha value is -4.82. The second-order valence-electron chi connectivity index (χ2n) is 10.5. The number of H-pyrrole nitrogens is 1. The maximum Gasteiger partial charge on any atom is 0.246 e. The molecule has 1 aromatic carbocycles. The van der Waals surface area contributed by atoms with Crippen LogP contribution in [-0.2, 0) is 11.3 Å². The smallest absolute Gasteiger partial charge is 0.246 e. The second kappa shape index (κ2) is 10.7. The molecule has 4 N–H and O–H groups in total. The van der Waals surface area contributed by atoms with Gasteiger partial charge in [-0.2, -0.15) is 0 Å². The van der Waals surface area contributed by atoms with Gasteiger partial charge in [0, 0.05) is 64.5 Å². The van der Waals surface area contributed by atoms with Gasteiger partial charge in [0.05, 0.1) is 28.6 Å². The monoisotopic (exact) mass is 529 g/mol. The number of aromatic nitrogens is 3. The van der Waals surface area contributed by atoms with Crippen molar-refractivity contribution < 1.29 is 4.79 Å². The molecule has 2 aliphatic rings. The molecule has 200 valence electrons. The zero-order chi connectivity index (χ0) is 27.6. The molecular weight excluding hydrogens is 498 g/mol. The first-order chi connectivity index (χ1) is 19.4. The van der Waals surface area contributed by atoms with Crippen molar-refractivity contribution in [3.63, 3.8) is 0 Å². The number of fused-ring (bicyclic) bond motifs is 2. The van der Waals surface area contributed by atoms with E-state index in [1.54, 1.807) is 0 Å². The number of amides is 1. The molecule has 0 atom stereocenters. The van der Waals surface area contributed by atoms with Gasteiger partial charge in [-0.15, -0.1) is 0 Å². The van der Waals surface area contributed by atoms with Gasteiger partial charge < -0.3 is 15.7 Å². The average Bonchev–Trinajstić information content (AvgIpc) is 3.30. The zero-order valence-corrected chi connectivity index (χ0v) is 22.7. The lowest BCUT2D eigenvalue weighted by Crippen LogP contribution is -2.39. The Labute approximate surface area is 232 Å². The second-order valence-corrected chi connectivity index (χ2v) is 10.5. The first-order valence-corrected chi connectivity index (χ1v) is 13.4. The van der Waals surface area contributed by atoms with Crippen LogP contribution in [-0.4, -0.2) is 20.9 Å². The number of nitrogens with one attached hydrogen (secondary N) is 4. The molecule has 0 saturated heterocycles. The SMILES string of the molecule is Cc1cc(=NC(=O)CC(C)C)cc(-c2cnc3c(c2)/C(=c2\cc4c(=C5C=CNC=C5)cccc4[nH]2)NNC3)cn1. The minimum Gasteiger partial charge on any atom is -0.368 e. The Morgan fingerprint density at radius 2 is 1.82 bits per heavy atom. The molecule has 0 unspecified atom stereocenters. The Morgan fingerprint density at radius 1 is 1.02 bits per heavy atom. The highest BCUT2D eigenvalue weighted by Crippen LogP contribution is 2.24. The van der Waals surface area contributed by atoms with E-state index in [1.165, 1.54) is 0 Å². The van der Waals surface area contributed by atoms with Gasteiger partial charge in [-0.05, 0) is 66.1 Å². The number of hydrogen-bond acceptors (Lipinski definition) is 6. The maximum absolute atomic E-state index is 12.4. The number of hydrogen-bond donors (Lipinski definition) is 4. The van der Waals surface area contributed by atoms with E-state index in [4.69, 9.17) is 4.98 Å². The van der Waals surface area contributed by atoms with Crippen molar-refractivity contribution in [1.82, 2.24) is 31.1 Å². The fourth-order valence-electron chi connectivity index (χ4n) is 5.03. The molecule has 8 heteroatoms. The fourth-order valence-corrected chi connectivity index (χ4v) is 5.03. The number of carbonyl (C=O) groups excluding carboxylic acids is 1. The van der Waals surface area contributed by atoms with Crippen LogP contribution in [0.25, 0.3) is 33.3 Å². The molecule has 0 bridgehead atoms. The standard InChI is InChI=1S/C32H31N7O/c1-19(2)11-31(40)37-24-12-20(3)34-16-22(13-24)23-14-27-30(35-17-23)18-36-39-32(27)29-15-26-25(5-4-6-28(26)38-29)21-7-9-33-10-8-21/h4-10,12-17,19,33,36,38-39H,11,18H2,1-3H3/b32-29-,37-24?. The first kappa shape index (κ1) is 25.5. The summed E-state index contributed by atoms with van der Waals surface area (Å²) in [7, 11) is 0. The van der Waals surface area contributed by atoms with Crippen molar-refractivity contribution in [2.45, 2.75) is 33.7 Å². The summed E-state index contributed by atoms with van der Waals surface area (Å²) in [6.45, 7) is 6.52. The lowest BCUT2D eigenvalue weighted by atomic mass is 10.0. The van der Waals surface area contributed by atoms with Gasteiger partial charge in [0.15, 0.2) is 0 Å². The summed E-state index contributed by atoms with van der Waals surface area (Å²) >= 11 is 0. The van der Waals surface area contributed by atoms with Crippen molar-refractivity contribution in [2.24, 2.45) is 10.9 Å². The normalized spacial score (nSPS) is 16.2. The summed E-state index contributed by atoms with van der Waals surface area (Å²) < 4.78 is 0. The minimum atomic E-state index is -0.132. The van der Waals surface area contributed by atoms with Crippen LogP contribution in [0.1, 0.15) is 37.2 Å². The molecular formula is C32H31N7O. The summed E-state index contributed by atoms with van der Waals surface area (Å²) in [4.78, 5) is 29.8. The van der Waals surface area contributed by atoms with Crippen molar-refractivity contribution in [1.29, 1.82) is 0 Å². The van der Waals surface area contributed by atoms with Gasteiger partial charge in [-0.3, -0.25) is 14.8 Å². The highest BCUT2D eigenvalue weighted by atomic mass is 16.1. The van der Waals surface area contributed by atoms with Crippen LogP contribution in [0.3, 0.4) is 0 Å². The Bertz CT molecular complexity index is 1880. The molecule has 5 heterocycles. The topological polar surface area (TPSA) is 107 Å².